The van der Waals surface area contributed by atoms with Crippen molar-refractivity contribution in [1.29, 1.82) is 0 Å². The lowest BCUT2D eigenvalue weighted by Crippen LogP contribution is -2.55. The summed E-state index contributed by atoms with van der Waals surface area (Å²) in [5, 5.41) is 0. The molecule has 3 rings (SSSR count). The first-order valence-electron chi connectivity index (χ1n) is 11.1. The first kappa shape index (κ1) is 22.3. The van der Waals surface area contributed by atoms with Gasteiger partial charge in [-0.05, 0) is 73.3 Å². The molecule has 2 saturated carbocycles. The van der Waals surface area contributed by atoms with Crippen LogP contribution in [0.1, 0.15) is 80.1 Å². The van der Waals surface area contributed by atoms with Gasteiger partial charge in [-0.15, -0.1) is 0 Å². The minimum atomic E-state index is -0.319. The van der Waals surface area contributed by atoms with Gasteiger partial charge in [0.2, 0.25) is 0 Å². The Balaban J connectivity index is 1.83. The molecule has 2 aliphatic carbocycles. The quantitative estimate of drug-likeness (QED) is 0.483. The van der Waals surface area contributed by atoms with Crippen LogP contribution in [0.2, 0.25) is 0 Å². The number of hydrogen-bond donors (Lipinski definition) is 0. The molecule has 0 spiro atoms. The van der Waals surface area contributed by atoms with Gasteiger partial charge in [-0.3, -0.25) is 9.59 Å². The maximum absolute atomic E-state index is 11.4. The zero-order valence-electron chi connectivity index (χ0n) is 19.0. The van der Waals surface area contributed by atoms with Gasteiger partial charge in [-0.1, -0.05) is 27.2 Å². The standard InChI is InChI=1S/C24H38O5/c1-16(25)27-13-9-18(15-28-17(2)26)19-14-21-23(5)11-7-10-22(3,4)20(23)8-12-24(21,6)29-19/h9,19-21H,7-8,10-15H2,1-6H3. The van der Waals surface area contributed by atoms with Gasteiger partial charge in [0.1, 0.15) is 13.2 Å². The minimum absolute atomic E-state index is 0.0967. The smallest absolute Gasteiger partial charge is 0.302 e. The summed E-state index contributed by atoms with van der Waals surface area (Å²) in [7, 11) is 0. The summed E-state index contributed by atoms with van der Waals surface area (Å²) in [5.41, 5.74) is 1.40. The molecular formula is C24H38O5. The zero-order chi connectivity index (χ0) is 21.4. The first-order valence-corrected chi connectivity index (χ1v) is 11.1. The second-order valence-corrected chi connectivity index (χ2v) is 10.5. The van der Waals surface area contributed by atoms with Gasteiger partial charge in [-0.25, -0.2) is 0 Å². The van der Waals surface area contributed by atoms with Crippen LogP contribution in [0.5, 0.6) is 0 Å². The maximum atomic E-state index is 11.4. The molecule has 1 saturated heterocycles. The molecule has 164 valence electrons. The van der Waals surface area contributed by atoms with Crippen molar-refractivity contribution in [2.24, 2.45) is 22.7 Å². The third kappa shape index (κ3) is 4.40. The highest BCUT2D eigenvalue weighted by molar-refractivity contribution is 5.66. The molecule has 3 aliphatic rings. The van der Waals surface area contributed by atoms with Crippen molar-refractivity contribution in [3.8, 4) is 0 Å². The molecule has 0 bridgehead atoms. The van der Waals surface area contributed by atoms with E-state index in [0.717, 1.165) is 18.4 Å². The number of esters is 2. The molecule has 1 heterocycles. The van der Waals surface area contributed by atoms with Crippen LogP contribution in [0.25, 0.3) is 0 Å². The molecule has 0 aromatic rings. The van der Waals surface area contributed by atoms with E-state index in [4.69, 9.17) is 14.2 Å². The average molecular weight is 407 g/mol. The lowest BCUT2D eigenvalue weighted by Gasteiger charge is -2.60. The monoisotopic (exact) mass is 406 g/mol. The van der Waals surface area contributed by atoms with Crippen LogP contribution in [0, 0.1) is 22.7 Å². The van der Waals surface area contributed by atoms with E-state index in [9.17, 15) is 9.59 Å². The van der Waals surface area contributed by atoms with Crippen molar-refractivity contribution in [2.45, 2.75) is 91.8 Å². The van der Waals surface area contributed by atoms with Gasteiger partial charge in [0, 0.05) is 13.8 Å². The molecule has 5 nitrogen and oxygen atoms in total. The van der Waals surface area contributed by atoms with Crippen LogP contribution in [-0.4, -0.2) is 36.9 Å². The molecule has 0 amide bonds. The first-order chi connectivity index (χ1) is 13.5. The Morgan fingerprint density at radius 2 is 1.69 bits per heavy atom. The molecular weight excluding hydrogens is 368 g/mol. The summed E-state index contributed by atoms with van der Waals surface area (Å²) in [6, 6.07) is 0. The Morgan fingerprint density at radius 3 is 2.34 bits per heavy atom. The molecule has 29 heavy (non-hydrogen) atoms. The third-order valence-electron chi connectivity index (χ3n) is 8.09. The Labute approximate surface area is 175 Å². The van der Waals surface area contributed by atoms with Gasteiger partial charge in [0.05, 0.1) is 11.7 Å². The second-order valence-electron chi connectivity index (χ2n) is 10.5. The normalized spacial score (nSPS) is 38.7. The third-order valence-corrected chi connectivity index (χ3v) is 8.09. The molecule has 0 aromatic heterocycles. The highest BCUT2D eigenvalue weighted by Crippen LogP contribution is 2.65. The lowest BCUT2D eigenvalue weighted by atomic mass is 9.45. The number of fused-ring (bicyclic) bond motifs is 3. The highest BCUT2D eigenvalue weighted by Gasteiger charge is 2.62. The SMILES string of the molecule is CC(=O)OCC=C(COC(C)=O)C1CC2C(C)(CCC3C(C)(C)CCCC32C)O1. The number of carbonyl (C=O) groups is 2. The fourth-order valence-electron chi connectivity index (χ4n) is 6.81. The summed E-state index contributed by atoms with van der Waals surface area (Å²) in [5.74, 6) is 0.561. The van der Waals surface area contributed by atoms with Crippen LogP contribution in [0.4, 0.5) is 0 Å². The van der Waals surface area contributed by atoms with Crippen LogP contribution in [0.15, 0.2) is 11.6 Å². The van der Waals surface area contributed by atoms with Crippen molar-refractivity contribution in [2.75, 3.05) is 13.2 Å². The maximum Gasteiger partial charge on any atom is 0.302 e. The van der Waals surface area contributed by atoms with E-state index >= 15 is 0 Å². The lowest BCUT2D eigenvalue weighted by molar-refractivity contribution is -0.153. The Bertz CT molecular complexity index is 681. The van der Waals surface area contributed by atoms with E-state index in [1.165, 1.54) is 39.5 Å². The molecule has 0 aromatic carbocycles. The fourth-order valence-corrected chi connectivity index (χ4v) is 6.81. The number of hydrogen-bond acceptors (Lipinski definition) is 5. The van der Waals surface area contributed by atoms with E-state index in [1.54, 1.807) is 0 Å². The summed E-state index contributed by atoms with van der Waals surface area (Å²) in [6.07, 6.45) is 8.82. The van der Waals surface area contributed by atoms with Crippen molar-refractivity contribution in [3.63, 3.8) is 0 Å². The molecule has 1 aliphatic heterocycles. The van der Waals surface area contributed by atoms with E-state index < -0.39 is 0 Å². The fraction of sp³-hybridized carbons (Fsp3) is 0.833. The van der Waals surface area contributed by atoms with E-state index in [1.807, 2.05) is 6.08 Å². The van der Waals surface area contributed by atoms with Crippen LogP contribution in [0.3, 0.4) is 0 Å². The second kappa shape index (κ2) is 8.05. The molecule has 5 unspecified atom stereocenters. The Morgan fingerprint density at radius 1 is 1.00 bits per heavy atom. The van der Waals surface area contributed by atoms with Crippen molar-refractivity contribution in [1.82, 2.24) is 0 Å². The minimum Gasteiger partial charge on any atom is -0.462 e. The van der Waals surface area contributed by atoms with Gasteiger partial charge in [-0.2, -0.15) is 0 Å². The van der Waals surface area contributed by atoms with E-state index in [0.29, 0.717) is 17.3 Å². The van der Waals surface area contributed by atoms with Crippen LogP contribution < -0.4 is 0 Å². The summed E-state index contributed by atoms with van der Waals surface area (Å²) in [4.78, 5) is 22.6. The predicted molar refractivity (Wildman–Crippen MR) is 111 cm³/mol. The average Bonchev–Trinajstić information content (AvgIpc) is 2.95. The number of ether oxygens (including phenoxy) is 3. The summed E-state index contributed by atoms with van der Waals surface area (Å²) in [6.45, 7) is 12.8. The van der Waals surface area contributed by atoms with Crippen molar-refractivity contribution < 1.29 is 23.8 Å². The van der Waals surface area contributed by atoms with Gasteiger partial charge in [0.25, 0.3) is 0 Å². The number of rotatable bonds is 5. The van der Waals surface area contributed by atoms with Crippen molar-refractivity contribution >= 4 is 11.9 Å². The molecule has 3 fully saturated rings. The molecule has 0 N–H and O–H groups in total. The zero-order valence-corrected chi connectivity index (χ0v) is 19.0. The predicted octanol–water partition coefficient (Wildman–Crippen LogP) is 4.83. The Hall–Kier alpha value is -1.36. The highest BCUT2D eigenvalue weighted by atomic mass is 16.5. The van der Waals surface area contributed by atoms with E-state index in [2.05, 4.69) is 27.7 Å². The van der Waals surface area contributed by atoms with Gasteiger partial charge < -0.3 is 14.2 Å². The van der Waals surface area contributed by atoms with Gasteiger partial charge in [0.15, 0.2) is 0 Å². The largest absolute Gasteiger partial charge is 0.462 e. The van der Waals surface area contributed by atoms with Gasteiger partial charge >= 0.3 is 11.9 Å². The number of carbonyl (C=O) groups excluding carboxylic acids is 2. The topological polar surface area (TPSA) is 61.8 Å². The van der Waals surface area contributed by atoms with Crippen LogP contribution >= 0.6 is 0 Å². The summed E-state index contributed by atoms with van der Waals surface area (Å²) >= 11 is 0. The van der Waals surface area contributed by atoms with E-state index in [-0.39, 0.29) is 42.3 Å². The molecule has 5 atom stereocenters. The molecule has 5 heteroatoms. The van der Waals surface area contributed by atoms with Crippen molar-refractivity contribution in [3.05, 3.63) is 11.6 Å². The summed E-state index contributed by atoms with van der Waals surface area (Å²) < 4.78 is 17.1. The molecule has 0 radical (unpaired) electrons. The van der Waals surface area contributed by atoms with Crippen LogP contribution in [-0.2, 0) is 23.8 Å². The Kier molecular flexibility index (Phi) is 6.20.